The van der Waals surface area contributed by atoms with Gasteiger partial charge in [0.05, 0.1) is 11.8 Å². The molecule has 7 heteroatoms. The Morgan fingerprint density at radius 2 is 1.88 bits per heavy atom. The van der Waals surface area contributed by atoms with Crippen LogP contribution in [0.3, 0.4) is 0 Å². The molecule has 1 N–H and O–H groups in total. The fraction of sp³-hybridized carbons (Fsp3) is 0.278. The molecule has 0 spiro atoms. The number of rotatable bonds is 7. The Morgan fingerprint density at radius 1 is 1.12 bits per heavy atom. The van der Waals surface area contributed by atoms with E-state index in [-0.39, 0.29) is 6.61 Å². The fourth-order valence-corrected chi connectivity index (χ4v) is 3.04. The molecule has 0 aliphatic rings. The summed E-state index contributed by atoms with van der Waals surface area (Å²) < 4.78 is 7.34. The van der Waals surface area contributed by atoms with Crippen LogP contribution in [0.4, 0.5) is 0 Å². The van der Waals surface area contributed by atoms with Crippen LogP contribution in [0.1, 0.15) is 11.1 Å². The molecular formula is C18H20N4O2S. The molecule has 25 heavy (non-hydrogen) atoms. The van der Waals surface area contributed by atoms with E-state index in [1.807, 2.05) is 62.4 Å². The first-order valence-electron chi connectivity index (χ1n) is 7.98. The lowest BCUT2D eigenvalue weighted by atomic mass is 10.2. The number of aromatic nitrogens is 4. The summed E-state index contributed by atoms with van der Waals surface area (Å²) in [6, 6.07) is 15.7. The number of aliphatic hydroxyl groups excluding tert-OH is 1. The summed E-state index contributed by atoms with van der Waals surface area (Å²) in [7, 11) is 0. The lowest BCUT2D eigenvalue weighted by Crippen LogP contribution is -2.20. The van der Waals surface area contributed by atoms with Crippen molar-refractivity contribution >= 4 is 11.8 Å². The topological polar surface area (TPSA) is 73.1 Å². The smallest absolute Gasteiger partial charge is 0.214 e. The van der Waals surface area contributed by atoms with Gasteiger partial charge in [-0.2, -0.15) is 4.68 Å². The van der Waals surface area contributed by atoms with Gasteiger partial charge in [0.15, 0.2) is 0 Å². The van der Waals surface area contributed by atoms with E-state index in [2.05, 4.69) is 15.5 Å². The maximum absolute atomic E-state index is 10.2. The van der Waals surface area contributed by atoms with Crippen LogP contribution in [0.2, 0.25) is 0 Å². The summed E-state index contributed by atoms with van der Waals surface area (Å²) in [4.78, 5) is 0. The lowest BCUT2D eigenvalue weighted by Gasteiger charge is -2.13. The number of tetrazole rings is 1. The van der Waals surface area contributed by atoms with Crippen molar-refractivity contribution in [3.05, 3.63) is 59.7 Å². The monoisotopic (exact) mass is 356 g/mol. The first-order chi connectivity index (χ1) is 12.1. The van der Waals surface area contributed by atoms with E-state index in [4.69, 9.17) is 4.74 Å². The van der Waals surface area contributed by atoms with E-state index in [0.717, 1.165) is 17.0 Å². The second kappa shape index (κ2) is 8.13. The van der Waals surface area contributed by atoms with Gasteiger partial charge in [0.25, 0.3) is 0 Å². The number of hydrogen-bond acceptors (Lipinski definition) is 6. The van der Waals surface area contributed by atoms with E-state index < -0.39 is 6.10 Å². The molecule has 0 fully saturated rings. The molecule has 3 aromatic rings. The number of benzene rings is 2. The SMILES string of the molecule is Cc1ccc(-n2nnnc2SC[C@H](O)COc2ccccc2C)cc1. The quantitative estimate of drug-likeness (QED) is 0.656. The third-order valence-electron chi connectivity index (χ3n) is 3.65. The van der Waals surface area contributed by atoms with Gasteiger partial charge in [-0.15, -0.1) is 5.10 Å². The van der Waals surface area contributed by atoms with E-state index in [0.29, 0.717) is 10.9 Å². The van der Waals surface area contributed by atoms with Crippen LogP contribution in [-0.2, 0) is 0 Å². The Hall–Kier alpha value is -2.38. The minimum Gasteiger partial charge on any atom is -0.491 e. The number of aryl methyl sites for hydroxylation is 2. The van der Waals surface area contributed by atoms with Crippen LogP contribution in [0.15, 0.2) is 53.7 Å². The summed E-state index contributed by atoms with van der Waals surface area (Å²) in [5.74, 6) is 1.23. The summed E-state index contributed by atoms with van der Waals surface area (Å²) in [6.07, 6.45) is -0.618. The van der Waals surface area contributed by atoms with Crippen LogP contribution in [0.5, 0.6) is 5.75 Å². The van der Waals surface area contributed by atoms with Crippen LogP contribution < -0.4 is 4.74 Å². The second-order valence-electron chi connectivity index (χ2n) is 5.75. The standard InChI is InChI=1S/C18H20N4O2S/c1-13-7-9-15(10-8-13)22-18(19-20-21-22)25-12-16(23)11-24-17-6-4-3-5-14(17)2/h3-10,16,23H,11-12H2,1-2H3/t16-/m1/s1. The van der Waals surface area contributed by atoms with Gasteiger partial charge < -0.3 is 9.84 Å². The summed E-state index contributed by atoms with van der Waals surface area (Å²) in [5.41, 5.74) is 3.12. The van der Waals surface area contributed by atoms with Crippen molar-refractivity contribution in [3.8, 4) is 11.4 Å². The normalized spacial score (nSPS) is 12.1. The van der Waals surface area contributed by atoms with Crippen LogP contribution >= 0.6 is 11.8 Å². The molecule has 0 saturated carbocycles. The summed E-state index contributed by atoms with van der Waals surface area (Å²) in [6.45, 7) is 4.24. The van der Waals surface area contributed by atoms with Gasteiger partial charge in [0.1, 0.15) is 12.4 Å². The first-order valence-corrected chi connectivity index (χ1v) is 8.97. The number of ether oxygens (including phenoxy) is 1. The Labute approximate surface area is 150 Å². The minimum atomic E-state index is -0.618. The highest BCUT2D eigenvalue weighted by atomic mass is 32.2. The molecule has 1 aromatic heterocycles. The maximum atomic E-state index is 10.2. The molecule has 2 aromatic carbocycles. The molecule has 1 heterocycles. The molecule has 0 aliphatic heterocycles. The van der Waals surface area contributed by atoms with Crippen LogP contribution in [0, 0.1) is 13.8 Å². The molecule has 0 unspecified atom stereocenters. The van der Waals surface area contributed by atoms with Gasteiger partial charge in [-0.3, -0.25) is 0 Å². The molecule has 6 nitrogen and oxygen atoms in total. The zero-order chi connectivity index (χ0) is 17.6. The molecule has 0 saturated heterocycles. The van der Waals surface area contributed by atoms with E-state index in [1.165, 1.54) is 17.3 Å². The summed E-state index contributed by atoms with van der Waals surface area (Å²) >= 11 is 1.40. The van der Waals surface area contributed by atoms with Crippen molar-refractivity contribution in [2.45, 2.75) is 25.1 Å². The molecule has 0 amide bonds. The molecular weight excluding hydrogens is 336 g/mol. The van der Waals surface area contributed by atoms with Gasteiger partial charge >= 0.3 is 0 Å². The highest BCUT2D eigenvalue weighted by Gasteiger charge is 2.13. The average molecular weight is 356 g/mol. The number of para-hydroxylation sites is 1. The Kier molecular flexibility index (Phi) is 5.67. The Morgan fingerprint density at radius 3 is 2.64 bits per heavy atom. The zero-order valence-electron chi connectivity index (χ0n) is 14.2. The molecule has 0 radical (unpaired) electrons. The Bertz CT molecular complexity index is 820. The van der Waals surface area contributed by atoms with Crippen molar-refractivity contribution in [2.24, 2.45) is 0 Å². The van der Waals surface area contributed by atoms with Gasteiger partial charge in [0.2, 0.25) is 5.16 Å². The van der Waals surface area contributed by atoms with Crippen molar-refractivity contribution in [1.29, 1.82) is 0 Å². The van der Waals surface area contributed by atoms with Gasteiger partial charge in [0, 0.05) is 5.75 Å². The molecule has 0 aliphatic carbocycles. The van der Waals surface area contributed by atoms with E-state index in [9.17, 15) is 5.11 Å². The third kappa shape index (κ3) is 4.58. The first kappa shape index (κ1) is 17.4. The van der Waals surface area contributed by atoms with E-state index >= 15 is 0 Å². The number of aliphatic hydroxyl groups is 1. The fourth-order valence-electron chi connectivity index (χ4n) is 2.24. The van der Waals surface area contributed by atoms with Crippen LogP contribution in [0.25, 0.3) is 5.69 Å². The highest BCUT2D eigenvalue weighted by molar-refractivity contribution is 7.99. The highest BCUT2D eigenvalue weighted by Crippen LogP contribution is 2.20. The number of nitrogens with zero attached hydrogens (tertiary/aromatic N) is 4. The molecule has 1 atom stereocenters. The largest absolute Gasteiger partial charge is 0.491 e. The maximum Gasteiger partial charge on any atom is 0.214 e. The van der Waals surface area contributed by atoms with Crippen molar-refractivity contribution in [1.82, 2.24) is 20.2 Å². The zero-order valence-corrected chi connectivity index (χ0v) is 15.0. The predicted molar refractivity (Wildman–Crippen MR) is 97.3 cm³/mol. The second-order valence-corrected chi connectivity index (χ2v) is 6.74. The van der Waals surface area contributed by atoms with E-state index in [1.54, 1.807) is 4.68 Å². The molecule has 0 bridgehead atoms. The van der Waals surface area contributed by atoms with Crippen molar-refractivity contribution in [2.75, 3.05) is 12.4 Å². The van der Waals surface area contributed by atoms with Crippen molar-refractivity contribution < 1.29 is 9.84 Å². The lowest BCUT2D eigenvalue weighted by molar-refractivity contribution is 0.126. The molecule has 130 valence electrons. The number of thioether (sulfide) groups is 1. The Balaban J connectivity index is 1.56. The summed E-state index contributed by atoms with van der Waals surface area (Å²) in [5, 5.41) is 22.6. The minimum absolute atomic E-state index is 0.226. The van der Waals surface area contributed by atoms with Gasteiger partial charge in [-0.25, -0.2) is 0 Å². The van der Waals surface area contributed by atoms with Crippen molar-refractivity contribution in [3.63, 3.8) is 0 Å². The number of hydrogen-bond donors (Lipinski definition) is 1. The third-order valence-corrected chi connectivity index (χ3v) is 4.71. The average Bonchev–Trinajstić information content (AvgIpc) is 3.08. The van der Waals surface area contributed by atoms with Gasteiger partial charge in [-0.05, 0) is 48.0 Å². The van der Waals surface area contributed by atoms with Gasteiger partial charge in [-0.1, -0.05) is 47.7 Å². The van der Waals surface area contributed by atoms with Crippen LogP contribution in [-0.4, -0.2) is 43.8 Å². The predicted octanol–water partition coefficient (Wildman–Crippen LogP) is 2.81. The molecule has 3 rings (SSSR count).